The van der Waals surface area contributed by atoms with Gasteiger partial charge in [0.25, 0.3) is 5.91 Å². The molecule has 7 nitrogen and oxygen atoms in total. The number of benzene rings is 1. The second-order valence-corrected chi connectivity index (χ2v) is 7.84. The Morgan fingerprint density at radius 2 is 2.11 bits per heavy atom. The van der Waals surface area contributed by atoms with E-state index in [1.165, 1.54) is 24.4 Å². The van der Waals surface area contributed by atoms with Crippen LogP contribution in [0.3, 0.4) is 0 Å². The maximum atomic E-state index is 13.2. The van der Waals surface area contributed by atoms with Gasteiger partial charge in [-0.2, -0.15) is 4.98 Å². The van der Waals surface area contributed by atoms with Gasteiger partial charge in [-0.25, -0.2) is 9.37 Å². The predicted octanol–water partition coefficient (Wildman–Crippen LogP) is 4.39. The van der Waals surface area contributed by atoms with Crippen LogP contribution < -0.4 is 10.1 Å². The molecule has 1 N–H and O–H groups in total. The van der Waals surface area contributed by atoms with Gasteiger partial charge < -0.3 is 14.6 Å². The molecule has 0 aliphatic carbocycles. The number of pyridine rings is 1. The Kier molecular flexibility index (Phi) is 5.73. The van der Waals surface area contributed by atoms with Gasteiger partial charge in [0, 0.05) is 11.6 Å². The Hall–Kier alpha value is -2.81. The normalized spacial score (nSPS) is 11.3. The van der Waals surface area contributed by atoms with Crippen molar-refractivity contribution in [1.29, 1.82) is 0 Å². The summed E-state index contributed by atoms with van der Waals surface area (Å²) in [6.45, 7) is 5.95. The minimum Gasteiger partial charge on any atom is -0.437 e. The lowest BCUT2D eigenvalue weighted by Gasteiger charge is -2.11. The Balaban J connectivity index is 1.73. The molecule has 0 saturated heterocycles. The van der Waals surface area contributed by atoms with Crippen molar-refractivity contribution in [3.8, 4) is 11.6 Å². The van der Waals surface area contributed by atoms with Crippen LogP contribution in [0.1, 0.15) is 42.8 Å². The van der Waals surface area contributed by atoms with E-state index in [-0.39, 0.29) is 23.4 Å². The van der Waals surface area contributed by atoms with Crippen molar-refractivity contribution in [3.63, 3.8) is 0 Å². The van der Waals surface area contributed by atoms with Gasteiger partial charge in [-0.05, 0) is 46.3 Å². The van der Waals surface area contributed by atoms with Crippen LogP contribution in [0.5, 0.6) is 11.6 Å². The molecule has 0 unspecified atom stereocenters. The zero-order valence-electron chi connectivity index (χ0n) is 15.5. The molecule has 0 atom stereocenters. The summed E-state index contributed by atoms with van der Waals surface area (Å²) in [7, 11) is 0. The molecule has 2 heterocycles. The maximum absolute atomic E-state index is 13.2. The fourth-order valence-electron chi connectivity index (χ4n) is 2.19. The summed E-state index contributed by atoms with van der Waals surface area (Å²) in [6, 6.07) is 7.16. The molecule has 0 aliphatic rings. The zero-order chi connectivity index (χ0) is 20.3. The van der Waals surface area contributed by atoms with Crippen LogP contribution in [0.2, 0.25) is 0 Å². The minimum absolute atomic E-state index is 0.0903. The number of nitrogens with zero attached hydrogens (tertiary/aromatic N) is 3. The molecule has 146 valence electrons. The molecule has 3 aromatic rings. The van der Waals surface area contributed by atoms with E-state index in [0.717, 1.165) is 0 Å². The van der Waals surface area contributed by atoms with Crippen LogP contribution in [-0.4, -0.2) is 21.0 Å². The predicted molar refractivity (Wildman–Crippen MR) is 103 cm³/mol. The van der Waals surface area contributed by atoms with Gasteiger partial charge in [0.05, 0.1) is 11.0 Å². The lowest BCUT2D eigenvalue weighted by atomic mass is 9.97. The van der Waals surface area contributed by atoms with Gasteiger partial charge in [-0.15, -0.1) is 0 Å². The smallest absolute Gasteiger partial charge is 0.257 e. The fourth-order valence-corrected chi connectivity index (χ4v) is 2.62. The molecule has 0 fully saturated rings. The van der Waals surface area contributed by atoms with Crippen molar-refractivity contribution in [2.75, 3.05) is 0 Å². The van der Waals surface area contributed by atoms with E-state index >= 15 is 0 Å². The summed E-state index contributed by atoms with van der Waals surface area (Å²) < 4.78 is 24.5. The summed E-state index contributed by atoms with van der Waals surface area (Å²) in [5, 5.41) is 6.58. The Morgan fingerprint density at radius 3 is 2.79 bits per heavy atom. The number of rotatable bonds is 5. The minimum atomic E-state index is -0.413. The van der Waals surface area contributed by atoms with Crippen molar-refractivity contribution in [3.05, 3.63) is 64.1 Å². The first kappa shape index (κ1) is 19.9. The van der Waals surface area contributed by atoms with E-state index < -0.39 is 11.7 Å². The van der Waals surface area contributed by atoms with E-state index in [0.29, 0.717) is 21.9 Å². The Bertz CT molecular complexity index is 1000. The summed E-state index contributed by atoms with van der Waals surface area (Å²) >= 11 is 3.23. The highest BCUT2D eigenvalue weighted by atomic mass is 79.9. The number of aromatic nitrogens is 3. The van der Waals surface area contributed by atoms with Gasteiger partial charge in [-0.3, -0.25) is 4.79 Å². The number of nitrogens with one attached hydrogen (secondary N) is 1. The molecule has 9 heteroatoms. The second-order valence-electron chi connectivity index (χ2n) is 6.98. The van der Waals surface area contributed by atoms with Crippen molar-refractivity contribution < 1.29 is 18.4 Å². The van der Waals surface area contributed by atoms with Gasteiger partial charge in [0.2, 0.25) is 11.8 Å². The van der Waals surface area contributed by atoms with Gasteiger partial charge in [0.15, 0.2) is 5.82 Å². The number of hydrogen-bond acceptors (Lipinski definition) is 6. The average Bonchev–Trinajstić information content (AvgIpc) is 3.12. The number of hydrogen-bond donors (Lipinski definition) is 1. The third-order valence-corrected chi connectivity index (χ3v) is 4.25. The highest BCUT2D eigenvalue weighted by molar-refractivity contribution is 9.10. The standard InChI is InChI=1S/C19H18BrFN4O3/c1-19(2,3)18-24-15(25-28-18)10-23-16(26)12-5-4-8-22-17(12)27-14-7-6-11(21)9-13(14)20/h4-9H,10H2,1-3H3,(H,23,26). The lowest BCUT2D eigenvalue weighted by molar-refractivity contribution is 0.0946. The molecular formula is C19H18BrFN4O3. The molecule has 1 aromatic carbocycles. The molecule has 0 spiro atoms. The molecule has 0 saturated carbocycles. The number of ether oxygens (including phenoxy) is 1. The second kappa shape index (κ2) is 8.05. The van der Waals surface area contributed by atoms with Crippen LogP contribution in [0, 0.1) is 5.82 Å². The van der Waals surface area contributed by atoms with E-state index in [4.69, 9.17) is 9.26 Å². The van der Waals surface area contributed by atoms with Crippen LogP contribution >= 0.6 is 15.9 Å². The highest BCUT2D eigenvalue weighted by Crippen LogP contribution is 2.30. The Morgan fingerprint density at radius 1 is 1.32 bits per heavy atom. The van der Waals surface area contributed by atoms with E-state index in [9.17, 15) is 9.18 Å². The van der Waals surface area contributed by atoms with Crippen molar-refractivity contribution in [1.82, 2.24) is 20.4 Å². The van der Waals surface area contributed by atoms with Crippen LogP contribution in [-0.2, 0) is 12.0 Å². The number of carbonyl (C=O) groups is 1. The number of carbonyl (C=O) groups excluding carboxylic acids is 1. The first-order chi connectivity index (χ1) is 13.2. The van der Waals surface area contributed by atoms with Crippen molar-refractivity contribution in [2.45, 2.75) is 32.7 Å². The molecule has 1 amide bonds. The number of halogens is 2. The SMILES string of the molecule is CC(C)(C)c1nc(CNC(=O)c2cccnc2Oc2ccc(F)cc2Br)no1. The van der Waals surface area contributed by atoms with Crippen molar-refractivity contribution >= 4 is 21.8 Å². The van der Waals surface area contributed by atoms with Crippen LogP contribution in [0.25, 0.3) is 0 Å². The lowest BCUT2D eigenvalue weighted by Crippen LogP contribution is -2.24. The molecule has 0 aliphatic heterocycles. The van der Waals surface area contributed by atoms with Gasteiger partial charge >= 0.3 is 0 Å². The van der Waals surface area contributed by atoms with E-state index in [1.54, 1.807) is 12.1 Å². The molecule has 0 bridgehead atoms. The quantitative estimate of drug-likeness (QED) is 0.622. The van der Waals surface area contributed by atoms with Gasteiger partial charge in [0.1, 0.15) is 17.1 Å². The zero-order valence-corrected chi connectivity index (χ0v) is 17.1. The molecular weight excluding hydrogens is 431 g/mol. The third-order valence-electron chi connectivity index (χ3n) is 3.63. The van der Waals surface area contributed by atoms with Crippen molar-refractivity contribution in [2.24, 2.45) is 0 Å². The first-order valence-corrected chi connectivity index (χ1v) is 9.22. The van der Waals surface area contributed by atoms with Crippen LogP contribution in [0.15, 0.2) is 45.5 Å². The monoisotopic (exact) mass is 448 g/mol. The maximum Gasteiger partial charge on any atom is 0.257 e. The third kappa shape index (κ3) is 4.72. The molecule has 3 rings (SSSR count). The topological polar surface area (TPSA) is 90.1 Å². The fraction of sp³-hybridized carbons (Fsp3) is 0.263. The van der Waals surface area contributed by atoms with E-state index in [1.807, 2.05) is 20.8 Å². The molecule has 28 heavy (non-hydrogen) atoms. The first-order valence-electron chi connectivity index (χ1n) is 8.43. The summed E-state index contributed by atoms with van der Waals surface area (Å²) in [5.74, 6) is 0.462. The molecule has 2 aromatic heterocycles. The van der Waals surface area contributed by atoms with Gasteiger partial charge in [-0.1, -0.05) is 25.9 Å². The summed E-state index contributed by atoms with van der Waals surface area (Å²) in [6.07, 6.45) is 1.50. The highest BCUT2D eigenvalue weighted by Gasteiger charge is 2.22. The average molecular weight is 449 g/mol. The van der Waals surface area contributed by atoms with E-state index in [2.05, 4.69) is 36.4 Å². The molecule has 0 radical (unpaired) electrons. The van der Waals surface area contributed by atoms with Crippen LogP contribution in [0.4, 0.5) is 4.39 Å². The number of amides is 1. The summed E-state index contributed by atoms with van der Waals surface area (Å²) in [5.41, 5.74) is -0.0550. The largest absolute Gasteiger partial charge is 0.437 e. The summed E-state index contributed by atoms with van der Waals surface area (Å²) in [4.78, 5) is 21.0. The Labute approximate surface area is 169 Å².